The Morgan fingerprint density at radius 2 is 2.32 bits per heavy atom. The fourth-order valence-electron chi connectivity index (χ4n) is 1.81. The third-order valence-corrected chi connectivity index (χ3v) is 4.28. The minimum Gasteiger partial charge on any atom is -0.311 e. The maximum absolute atomic E-state index is 14.0. The average molecular weight is 278 g/mol. The van der Waals surface area contributed by atoms with Crippen LogP contribution in [0.25, 0.3) is 0 Å². The molecule has 2 aromatic rings. The number of hydrogen-bond acceptors (Lipinski definition) is 4. The molecular formula is C13H15FN4S. The molecule has 0 bridgehead atoms. The fourth-order valence-corrected chi connectivity index (χ4v) is 2.70. The Kier molecular flexibility index (Phi) is 3.52. The molecule has 3 rings (SSSR count). The molecule has 100 valence electrons. The van der Waals surface area contributed by atoms with Gasteiger partial charge in [-0.25, -0.2) is 4.39 Å². The molecule has 0 unspecified atom stereocenters. The van der Waals surface area contributed by atoms with E-state index in [-0.39, 0.29) is 5.82 Å². The molecule has 0 spiro atoms. The van der Waals surface area contributed by atoms with E-state index in [9.17, 15) is 4.39 Å². The van der Waals surface area contributed by atoms with Gasteiger partial charge in [-0.3, -0.25) is 0 Å². The van der Waals surface area contributed by atoms with Crippen molar-refractivity contribution in [3.8, 4) is 0 Å². The summed E-state index contributed by atoms with van der Waals surface area (Å²) in [7, 11) is 1.85. The van der Waals surface area contributed by atoms with Crippen LogP contribution in [0.4, 0.5) is 4.39 Å². The number of nitrogens with one attached hydrogen (secondary N) is 1. The second-order valence-electron chi connectivity index (χ2n) is 4.71. The average Bonchev–Trinajstić information content (AvgIpc) is 3.14. The molecule has 1 fully saturated rings. The van der Waals surface area contributed by atoms with Gasteiger partial charge in [0.1, 0.15) is 12.1 Å². The van der Waals surface area contributed by atoms with Crippen molar-refractivity contribution in [2.24, 2.45) is 7.05 Å². The molecule has 1 aliphatic carbocycles. The Balaban J connectivity index is 1.83. The van der Waals surface area contributed by atoms with E-state index in [0.717, 1.165) is 5.56 Å². The van der Waals surface area contributed by atoms with Crippen molar-refractivity contribution in [1.82, 2.24) is 20.1 Å². The number of aryl methyl sites for hydroxylation is 1. The van der Waals surface area contributed by atoms with Crippen LogP contribution in [-0.2, 0) is 13.6 Å². The Hall–Kier alpha value is -1.40. The van der Waals surface area contributed by atoms with Crippen molar-refractivity contribution in [3.63, 3.8) is 0 Å². The van der Waals surface area contributed by atoms with E-state index in [1.807, 2.05) is 13.1 Å². The van der Waals surface area contributed by atoms with Crippen molar-refractivity contribution in [3.05, 3.63) is 35.9 Å². The minimum absolute atomic E-state index is 0.205. The van der Waals surface area contributed by atoms with Gasteiger partial charge in [0.2, 0.25) is 0 Å². The Morgan fingerprint density at radius 3 is 3.00 bits per heavy atom. The van der Waals surface area contributed by atoms with Gasteiger partial charge in [0.25, 0.3) is 0 Å². The second kappa shape index (κ2) is 5.30. The van der Waals surface area contributed by atoms with Crippen LogP contribution in [0.1, 0.15) is 18.4 Å². The maximum Gasteiger partial charge on any atom is 0.195 e. The predicted molar refractivity (Wildman–Crippen MR) is 71.4 cm³/mol. The summed E-state index contributed by atoms with van der Waals surface area (Å²) in [6, 6.07) is 5.80. The highest BCUT2D eigenvalue weighted by Crippen LogP contribution is 2.31. The topological polar surface area (TPSA) is 42.7 Å². The molecule has 1 saturated carbocycles. The van der Waals surface area contributed by atoms with Crippen LogP contribution in [0.2, 0.25) is 0 Å². The summed E-state index contributed by atoms with van der Waals surface area (Å²) in [5.74, 6) is -0.205. The molecular weight excluding hydrogens is 263 g/mol. The van der Waals surface area contributed by atoms with Crippen LogP contribution in [0.5, 0.6) is 0 Å². The van der Waals surface area contributed by atoms with Crippen molar-refractivity contribution >= 4 is 11.8 Å². The van der Waals surface area contributed by atoms with E-state index in [1.54, 1.807) is 17.0 Å². The lowest BCUT2D eigenvalue weighted by molar-refractivity contribution is 0.588. The summed E-state index contributed by atoms with van der Waals surface area (Å²) in [5.41, 5.74) is 0.972. The van der Waals surface area contributed by atoms with Gasteiger partial charge in [0, 0.05) is 19.6 Å². The SMILES string of the molecule is Cn1cnnc1Sc1c(F)cccc1CNC1CC1. The fraction of sp³-hybridized carbons (Fsp3) is 0.385. The van der Waals surface area contributed by atoms with Crippen molar-refractivity contribution < 1.29 is 4.39 Å². The van der Waals surface area contributed by atoms with E-state index in [2.05, 4.69) is 15.5 Å². The zero-order valence-electron chi connectivity index (χ0n) is 10.6. The first-order chi connectivity index (χ1) is 9.24. The van der Waals surface area contributed by atoms with E-state index < -0.39 is 0 Å². The zero-order chi connectivity index (χ0) is 13.2. The normalized spacial score (nSPS) is 14.8. The van der Waals surface area contributed by atoms with Crippen LogP contribution >= 0.6 is 11.8 Å². The molecule has 1 N–H and O–H groups in total. The van der Waals surface area contributed by atoms with Gasteiger partial charge in [-0.1, -0.05) is 12.1 Å². The van der Waals surface area contributed by atoms with Gasteiger partial charge >= 0.3 is 0 Å². The molecule has 0 atom stereocenters. The molecule has 1 aliphatic rings. The first-order valence-corrected chi connectivity index (χ1v) is 7.08. The summed E-state index contributed by atoms with van der Waals surface area (Å²) in [6.45, 7) is 0.697. The Bertz CT molecular complexity index is 580. The van der Waals surface area contributed by atoms with Gasteiger partial charge < -0.3 is 9.88 Å². The Morgan fingerprint density at radius 1 is 1.47 bits per heavy atom. The zero-order valence-corrected chi connectivity index (χ0v) is 11.5. The molecule has 0 amide bonds. The van der Waals surface area contributed by atoms with Gasteiger partial charge in [-0.2, -0.15) is 0 Å². The molecule has 19 heavy (non-hydrogen) atoms. The molecule has 6 heteroatoms. The van der Waals surface area contributed by atoms with Crippen LogP contribution in [0.15, 0.2) is 34.6 Å². The van der Waals surface area contributed by atoms with Crippen molar-refractivity contribution in [2.45, 2.75) is 35.5 Å². The van der Waals surface area contributed by atoms with E-state index in [0.29, 0.717) is 22.6 Å². The molecule has 1 aromatic heterocycles. The van der Waals surface area contributed by atoms with E-state index >= 15 is 0 Å². The summed E-state index contributed by atoms with van der Waals surface area (Å²) in [5, 5.41) is 11.9. The maximum atomic E-state index is 14.0. The third kappa shape index (κ3) is 2.96. The first-order valence-electron chi connectivity index (χ1n) is 6.26. The molecule has 0 saturated heterocycles. The summed E-state index contributed by atoms with van der Waals surface area (Å²) in [4.78, 5) is 0.631. The first kappa shape index (κ1) is 12.6. The van der Waals surface area contributed by atoms with E-state index in [1.165, 1.54) is 30.7 Å². The third-order valence-electron chi connectivity index (χ3n) is 3.07. The van der Waals surface area contributed by atoms with Crippen LogP contribution in [0, 0.1) is 5.82 Å². The quantitative estimate of drug-likeness (QED) is 0.911. The smallest absolute Gasteiger partial charge is 0.195 e. The molecule has 4 nitrogen and oxygen atoms in total. The highest BCUT2D eigenvalue weighted by Gasteiger charge is 2.21. The predicted octanol–water partition coefficient (Wildman–Crippen LogP) is 2.36. The number of benzene rings is 1. The molecule has 1 aromatic carbocycles. The highest BCUT2D eigenvalue weighted by atomic mass is 32.2. The van der Waals surface area contributed by atoms with Gasteiger partial charge in [0.15, 0.2) is 5.16 Å². The summed E-state index contributed by atoms with van der Waals surface area (Å²) >= 11 is 1.32. The number of hydrogen-bond donors (Lipinski definition) is 1. The minimum atomic E-state index is -0.205. The largest absolute Gasteiger partial charge is 0.311 e. The number of nitrogens with zero attached hydrogens (tertiary/aromatic N) is 3. The summed E-state index contributed by atoms with van der Waals surface area (Å²) < 4.78 is 15.8. The van der Waals surface area contributed by atoms with Crippen LogP contribution in [-0.4, -0.2) is 20.8 Å². The lowest BCUT2D eigenvalue weighted by Gasteiger charge is -2.10. The van der Waals surface area contributed by atoms with Gasteiger partial charge in [-0.05, 0) is 36.2 Å². The number of halogens is 1. The van der Waals surface area contributed by atoms with E-state index in [4.69, 9.17) is 0 Å². The van der Waals surface area contributed by atoms with Crippen LogP contribution in [0.3, 0.4) is 0 Å². The lowest BCUT2D eigenvalue weighted by Crippen LogP contribution is -2.16. The number of rotatable bonds is 5. The van der Waals surface area contributed by atoms with Crippen molar-refractivity contribution in [2.75, 3.05) is 0 Å². The van der Waals surface area contributed by atoms with Gasteiger partial charge in [0.05, 0.1) is 4.90 Å². The Labute approximate surface area is 115 Å². The second-order valence-corrected chi connectivity index (χ2v) is 5.69. The van der Waals surface area contributed by atoms with Crippen molar-refractivity contribution in [1.29, 1.82) is 0 Å². The highest BCUT2D eigenvalue weighted by molar-refractivity contribution is 7.99. The monoisotopic (exact) mass is 278 g/mol. The molecule has 0 radical (unpaired) electrons. The molecule has 1 heterocycles. The lowest BCUT2D eigenvalue weighted by atomic mass is 10.2. The summed E-state index contributed by atoms with van der Waals surface area (Å²) in [6.07, 6.45) is 4.06. The molecule has 0 aliphatic heterocycles. The number of aromatic nitrogens is 3. The van der Waals surface area contributed by atoms with Gasteiger partial charge in [-0.15, -0.1) is 10.2 Å². The van der Waals surface area contributed by atoms with Crippen LogP contribution < -0.4 is 5.32 Å². The standard InChI is InChI=1S/C13H15FN4S/c1-18-8-16-17-13(18)19-12-9(3-2-4-11(12)14)7-15-10-5-6-10/h2-4,8,10,15H,5-7H2,1H3.